The molecule has 1 amide bonds. The number of ether oxygens (including phenoxy) is 1. The third-order valence-corrected chi connectivity index (χ3v) is 3.91. The van der Waals surface area contributed by atoms with E-state index in [2.05, 4.69) is 5.32 Å². The van der Waals surface area contributed by atoms with E-state index in [1.165, 1.54) is 6.08 Å². The number of carbonyl (C=O) groups excluding carboxylic acids is 1. The van der Waals surface area contributed by atoms with Crippen LogP contribution in [0.4, 0.5) is 0 Å². The topological polar surface area (TPSA) is 51.5 Å². The predicted molar refractivity (Wildman–Crippen MR) is 90.7 cm³/mol. The zero-order valence-electron chi connectivity index (χ0n) is 12.8. The third kappa shape index (κ3) is 2.70. The van der Waals surface area contributed by atoms with E-state index in [0.717, 1.165) is 22.6 Å². The highest BCUT2D eigenvalue weighted by molar-refractivity contribution is 5.92. The Balaban J connectivity index is 1.64. The molecule has 0 bridgehead atoms. The zero-order chi connectivity index (χ0) is 16.4. The second kappa shape index (κ2) is 6.08. The molecule has 118 valence electrons. The lowest BCUT2D eigenvalue weighted by molar-refractivity contribution is -0.116. The first kappa shape index (κ1) is 14.3. The summed E-state index contributed by atoms with van der Waals surface area (Å²) in [6, 6.07) is 18.8. The van der Waals surface area contributed by atoms with Crippen molar-refractivity contribution in [2.24, 2.45) is 0 Å². The number of rotatable bonds is 3. The van der Waals surface area contributed by atoms with Crippen molar-refractivity contribution in [1.82, 2.24) is 5.32 Å². The van der Waals surface area contributed by atoms with Gasteiger partial charge < -0.3 is 14.5 Å². The van der Waals surface area contributed by atoms with Gasteiger partial charge in [-0.1, -0.05) is 36.4 Å². The summed E-state index contributed by atoms with van der Waals surface area (Å²) in [6.07, 6.45) is 4.69. The number of hydrogen-bond donors (Lipinski definition) is 1. The van der Waals surface area contributed by atoms with Crippen molar-refractivity contribution in [3.8, 4) is 11.5 Å². The van der Waals surface area contributed by atoms with Crippen LogP contribution in [-0.2, 0) is 4.79 Å². The fourth-order valence-electron chi connectivity index (χ4n) is 2.80. The Bertz CT molecular complexity index is 851. The third-order valence-electron chi connectivity index (χ3n) is 3.91. The van der Waals surface area contributed by atoms with Crippen LogP contribution >= 0.6 is 0 Å². The lowest BCUT2D eigenvalue weighted by Gasteiger charge is -2.28. The highest BCUT2D eigenvalue weighted by Gasteiger charge is 2.27. The van der Waals surface area contributed by atoms with Gasteiger partial charge in [-0.3, -0.25) is 4.79 Å². The molecule has 0 atom stereocenters. The molecule has 1 aliphatic rings. The summed E-state index contributed by atoms with van der Waals surface area (Å²) < 4.78 is 11.1. The smallest absolute Gasteiger partial charge is 0.244 e. The van der Waals surface area contributed by atoms with Crippen LogP contribution in [-0.4, -0.2) is 5.91 Å². The molecule has 1 N–H and O–H groups in total. The minimum Gasteiger partial charge on any atom is -0.465 e. The van der Waals surface area contributed by atoms with E-state index in [9.17, 15) is 4.79 Å². The van der Waals surface area contributed by atoms with Crippen molar-refractivity contribution in [2.45, 2.75) is 6.04 Å². The molecule has 0 unspecified atom stereocenters. The number of nitrogens with one attached hydrogen (secondary N) is 1. The van der Waals surface area contributed by atoms with Crippen molar-refractivity contribution in [1.29, 1.82) is 0 Å². The van der Waals surface area contributed by atoms with Crippen LogP contribution in [0.1, 0.15) is 22.9 Å². The maximum Gasteiger partial charge on any atom is 0.244 e. The molecule has 1 aromatic heterocycles. The first-order valence-corrected chi connectivity index (χ1v) is 7.69. The fourth-order valence-corrected chi connectivity index (χ4v) is 2.80. The zero-order valence-corrected chi connectivity index (χ0v) is 12.8. The number of benzene rings is 2. The fraction of sp³-hybridized carbons (Fsp3) is 0.0500. The summed E-state index contributed by atoms with van der Waals surface area (Å²) in [5.74, 6) is 1.97. The summed E-state index contributed by atoms with van der Waals surface area (Å²) >= 11 is 0. The van der Waals surface area contributed by atoms with Crippen molar-refractivity contribution in [3.63, 3.8) is 0 Å². The van der Waals surface area contributed by atoms with Crippen LogP contribution in [0.25, 0.3) is 6.08 Å². The Hall–Kier alpha value is -3.27. The second-order valence-corrected chi connectivity index (χ2v) is 5.47. The monoisotopic (exact) mass is 317 g/mol. The number of fused-ring (bicyclic) bond motifs is 2. The molecule has 0 aliphatic carbocycles. The standard InChI is InChI=1S/C20H15NO3/c22-19(12-11-14-6-5-13-23-14)21-20-15-7-1-3-9-17(15)24-18-10-4-2-8-16(18)20/h1-13,20H,(H,21,22). The SMILES string of the molecule is O=C(C=Cc1ccco1)NC1c2ccccc2Oc2ccccc21. The van der Waals surface area contributed by atoms with E-state index in [1.807, 2.05) is 48.5 Å². The maximum atomic E-state index is 12.3. The van der Waals surface area contributed by atoms with Crippen LogP contribution in [0.3, 0.4) is 0 Å². The van der Waals surface area contributed by atoms with Gasteiger partial charge in [0.15, 0.2) is 0 Å². The van der Waals surface area contributed by atoms with E-state index in [0.29, 0.717) is 5.76 Å². The van der Waals surface area contributed by atoms with Gasteiger partial charge in [0.2, 0.25) is 5.91 Å². The van der Waals surface area contributed by atoms with Crippen molar-refractivity contribution >= 4 is 12.0 Å². The molecule has 3 aromatic rings. The van der Waals surface area contributed by atoms with Crippen LogP contribution in [0.15, 0.2) is 77.4 Å². The quantitative estimate of drug-likeness (QED) is 0.733. The van der Waals surface area contributed by atoms with Crippen LogP contribution in [0, 0.1) is 0 Å². The summed E-state index contributed by atoms with van der Waals surface area (Å²) in [5.41, 5.74) is 1.88. The molecule has 0 radical (unpaired) electrons. The second-order valence-electron chi connectivity index (χ2n) is 5.47. The van der Waals surface area contributed by atoms with E-state index in [4.69, 9.17) is 9.15 Å². The van der Waals surface area contributed by atoms with Crippen molar-refractivity contribution < 1.29 is 13.9 Å². The Labute approximate surface area is 139 Å². The summed E-state index contributed by atoms with van der Waals surface area (Å²) in [7, 11) is 0. The maximum absolute atomic E-state index is 12.3. The number of para-hydroxylation sites is 2. The van der Waals surface area contributed by atoms with Gasteiger partial charge in [0.1, 0.15) is 17.3 Å². The Kier molecular flexibility index (Phi) is 3.63. The number of furan rings is 1. The largest absolute Gasteiger partial charge is 0.465 e. The number of carbonyl (C=O) groups is 1. The highest BCUT2D eigenvalue weighted by Crippen LogP contribution is 2.42. The van der Waals surface area contributed by atoms with Gasteiger partial charge in [0.05, 0.1) is 12.3 Å². The molecule has 4 heteroatoms. The highest BCUT2D eigenvalue weighted by atomic mass is 16.5. The molecule has 0 fully saturated rings. The number of hydrogen-bond acceptors (Lipinski definition) is 3. The van der Waals surface area contributed by atoms with Gasteiger partial charge in [-0.25, -0.2) is 0 Å². The Morgan fingerprint density at radius 1 is 0.917 bits per heavy atom. The molecule has 0 saturated carbocycles. The average Bonchev–Trinajstić information content (AvgIpc) is 3.13. The molecule has 24 heavy (non-hydrogen) atoms. The van der Waals surface area contributed by atoms with Gasteiger partial charge in [0.25, 0.3) is 0 Å². The van der Waals surface area contributed by atoms with E-state index in [-0.39, 0.29) is 11.9 Å². The van der Waals surface area contributed by atoms with Gasteiger partial charge in [-0.15, -0.1) is 0 Å². The molecule has 0 spiro atoms. The molecular weight excluding hydrogens is 302 g/mol. The van der Waals surface area contributed by atoms with E-state index in [1.54, 1.807) is 24.5 Å². The normalized spacial score (nSPS) is 13.2. The van der Waals surface area contributed by atoms with Crippen LogP contribution in [0.5, 0.6) is 11.5 Å². The van der Waals surface area contributed by atoms with Crippen LogP contribution in [0.2, 0.25) is 0 Å². The minimum atomic E-state index is -0.250. The summed E-state index contributed by atoms with van der Waals surface area (Å²) in [5, 5.41) is 3.05. The first-order valence-electron chi connectivity index (χ1n) is 7.69. The van der Waals surface area contributed by atoms with Crippen LogP contribution < -0.4 is 10.1 Å². The molecule has 2 aromatic carbocycles. The number of amides is 1. The minimum absolute atomic E-state index is 0.192. The van der Waals surface area contributed by atoms with Gasteiger partial charge in [-0.2, -0.15) is 0 Å². The first-order chi connectivity index (χ1) is 11.8. The Morgan fingerprint density at radius 2 is 1.58 bits per heavy atom. The molecule has 4 rings (SSSR count). The lowest BCUT2D eigenvalue weighted by Crippen LogP contribution is -2.29. The molecular formula is C20H15NO3. The average molecular weight is 317 g/mol. The van der Waals surface area contributed by atoms with E-state index >= 15 is 0 Å². The molecule has 1 aliphatic heterocycles. The molecule has 2 heterocycles. The summed E-state index contributed by atoms with van der Waals surface area (Å²) in [6.45, 7) is 0. The van der Waals surface area contributed by atoms with Gasteiger partial charge in [-0.05, 0) is 30.3 Å². The van der Waals surface area contributed by atoms with E-state index < -0.39 is 0 Å². The Morgan fingerprint density at radius 3 is 2.21 bits per heavy atom. The predicted octanol–water partition coefficient (Wildman–Crippen LogP) is 4.30. The molecule has 0 saturated heterocycles. The van der Waals surface area contributed by atoms with Gasteiger partial charge in [0, 0.05) is 17.2 Å². The lowest BCUT2D eigenvalue weighted by atomic mass is 9.94. The van der Waals surface area contributed by atoms with Crippen molar-refractivity contribution in [3.05, 3.63) is 89.9 Å². The molecule has 4 nitrogen and oxygen atoms in total. The van der Waals surface area contributed by atoms with Gasteiger partial charge >= 0.3 is 0 Å². The van der Waals surface area contributed by atoms with Crippen molar-refractivity contribution in [2.75, 3.05) is 0 Å². The summed E-state index contributed by atoms with van der Waals surface area (Å²) in [4.78, 5) is 12.3.